The molecule has 0 unspecified atom stereocenters. The summed E-state index contributed by atoms with van der Waals surface area (Å²) in [5, 5.41) is 2.45. The van der Waals surface area contributed by atoms with Gasteiger partial charge < -0.3 is 14.6 Å². The summed E-state index contributed by atoms with van der Waals surface area (Å²) in [4.78, 5) is 15.6. The molecule has 2 heterocycles. The Morgan fingerprint density at radius 1 is 1.25 bits per heavy atom. The van der Waals surface area contributed by atoms with Crippen LogP contribution in [0.3, 0.4) is 0 Å². The van der Waals surface area contributed by atoms with Crippen molar-refractivity contribution in [2.45, 2.75) is 29.5 Å². The molecule has 1 saturated heterocycles. The first-order valence-electron chi connectivity index (χ1n) is 9.31. The van der Waals surface area contributed by atoms with E-state index < -0.39 is 51.2 Å². The first-order valence-corrected chi connectivity index (χ1v) is 10.8. The quantitative estimate of drug-likeness (QED) is 0.494. The number of anilines is 1. The summed E-state index contributed by atoms with van der Waals surface area (Å²) in [5.41, 5.74) is -2.74. The van der Waals surface area contributed by atoms with Gasteiger partial charge in [0, 0.05) is 32.1 Å². The molecule has 0 aliphatic carbocycles. The van der Waals surface area contributed by atoms with E-state index >= 15 is 0 Å². The van der Waals surface area contributed by atoms with Crippen LogP contribution in [-0.2, 0) is 21.8 Å². The fourth-order valence-corrected chi connectivity index (χ4v) is 4.81. The standard InChI is InChI=1S/C19H20F4N4O4S/c1-24-15-9-12(3-4-14(15)20)25-17(28)16-10-13(11-27(16)2)32(29,30)26-18(19(21,22)23)5-7-31-8-6-18/h3-4,9-11,26H,1,5-8H2,2H3,(H,25,28). The van der Waals surface area contributed by atoms with Crippen LogP contribution in [0.2, 0.25) is 0 Å². The van der Waals surface area contributed by atoms with Crippen LogP contribution in [0, 0.1) is 5.82 Å². The van der Waals surface area contributed by atoms with Gasteiger partial charge in [0.15, 0.2) is 0 Å². The Kier molecular flexibility index (Phi) is 6.45. The van der Waals surface area contributed by atoms with E-state index in [9.17, 15) is 30.8 Å². The first-order chi connectivity index (χ1) is 14.9. The highest BCUT2D eigenvalue weighted by atomic mass is 32.2. The zero-order valence-electron chi connectivity index (χ0n) is 16.9. The normalized spacial score (nSPS) is 16.5. The minimum absolute atomic E-state index is 0.101. The predicted molar refractivity (Wildman–Crippen MR) is 108 cm³/mol. The van der Waals surface area contributed by atoms with Crippen molar-refractivity contribution in [1.29, 1.82) is 0 Å². The molecule has 3 rings (SSSR count). The van der Waals surface area contributed by atoms with Gasteiger partial charge >= 0.3 is 6.18 Å². The topological polar surface area (TPSA) is 102 Å². The number of amides is 1. The van der Waals surface area contributed by atoms with Crippen molar-refractivity contribution in [2.75, 3.05) is 18.5 Å². The minimum Gasteiger partial charge on any atom is -0.381 e. The van der Waals surface area contributed by atoms with E-state index in [1.165, 1.54) is 19.2 Å². The van der Waals surface area contributed by atoms with Crippen LogP contribution in [-0.4, -0.2) is 50.5 Å². The van der Waals surface area contributed by atoms with Gasteiger partial charge in [0.2, 0.25) is 10.0 Å². The molecule has 1 aliphatic heterocycles. The molecule has 1 fully saturated rings. The average molecular weight is 476 g/mol. The largest absolute Gasteiger partial charge is 0.407 e. The Morgan fingerprint density at radius 3 is 2.50 bits per heavy atom. The molecule has 2 N–H and O–H groups in total. The number of halogens is 4. The van der Waals surface area contributed by atoms with Gasteiger partial charge in [-0.05, 0) is 43.8 Å². The zero-order chi connectivity index (χ0) is 23.7. The van der Waals surface area contributed by atoms with Crippen molar-refractivity contribution in [2.24, 2.45) is 12.0 Å². The Bertz CT molecular complexity index is 1140. The lowest BCUT2D eigenvalue weighted by atomic mass is 9.91. The molecular formula is C19H20F4N4O4S. The molecule has 0 spiro atoms. The third-order valence-electron chi connectivity index (χ3n) is 5.12. The van der Waals surface area contributed by atoms with Crippen LogP contribution in [0.5, 0.6) is 0 Å². The van der Waals surface area contributed by atoms with Crippen molar-refractivity contribution in [1.82, 2.24) is 9.29 Å². The van der Waals surface area contributed by atoms with Gasteiger partial charge in [0.05, 0.1) is 5.69 Å². The van der Waals surface area contributed by atoms with Gasteiger partial charge in [0.1, 0.15) is 21.9 Å². The van der Waals surface area contributed by atoms with Gasteiger partial charge in [-0.3, -0.25) is 9.79 Å². The Hall–Kier alpha value is -2.77. The zero-order valence-corrected chi connectivity index (χ0v) is 17.7. The molecule has 32 heavy (non-hydrogen) atoms. The number of nitrogens with zero attached hydrogens (tertiary/aromatic N) is 2. The van der Waals surface area contributed by atoms with Crippen LogP contribution in [0.25, 0.3) is 0 Å². The maximum Gasteiger partial charge on any atom is 0.407 e. The smallest absolute Gasteiger partial charge is 0.381 e. The Morgan fingerprint density at radius 2 is 1.91 bits per heavy atom. The highest BCUT2D eigenvalue weighted by molar-refractivity contribution is 7.89. The van der Waals surface area contributed by atoms with E-state index in [1.54, 1.807) is 4.72 Å². The molecule has 1 aliphatic rings. The lowest BCUT2D eigenvalue weighted by molar-refractivity contribution is -0.210. The maximum absolute atomic E-state index is 13.7. The Labute approximate surface area is 181 Å². The second kappa shape index (κ2) is 8.64. The van der Waals surface area contributed by atoms with E-state index in [2.05, 4.69) is 17.0 Å². The minimum atomic E-state index is -4.84. The van der Waals surface area contributed by atoms with Gasteiger partial charge in [0.25, 0.3) is 5.91 Å². The number of alkyl halides is 3. The summed E-state index contributed by atoms with van der Waals surface area (Å²) in [7, 11) is -3.26. The van der Waals surface area contributed by atoms with Crippen molar-refractivity contribution in [3.63, 3.8) is 0 Å². The van der Waals surface area contributed by atoms with Crippen LogP contribution < -0.4 is 10.0 Å². The van der Waals surface area contributed by atoms with Crippen molar-refractivity contribution in [3.05, 3.63) is 42.0 Å². The number of nitrogens with one attached hydrogen (secondary N) is 2. The third-order valence-corrected chi connectivity index (χ3v) is 6.62. The molecule has 1 aromatic heterocycles. The Balaban J connectivity index is 1.86. The molecule has 174 valence electrons. The molecular weight excluding hydrogens is 456 g/mol. The fraction of sp³-hybridized carbons (Fsp3) is 0.368. The van der Waals surface area contributed by atoms with Gasteiger partial charge in [-0.25, -0.2) is 12.8 Å². The summed E-state index contributed by atoms with van der Waals surface area (Å²) >= 11 is 0. The SMILES string of the molecule is C=Nc1cc(NC(=O)c2cc(S(=O)(=O)NC3(C(F)(F)F)CCOCC3)cn2C)ccc1F. The number of sulfonamides is 1. The molecule has 1 aromatic carbocycles. The van der Waals surface area contributed by atoms with Crippen LogP contribution >= 0.6 is 0 Å². The van der Waals surface area contributed by atoms with Gasteiger partial charge in [-0.15, -0.1) is 0 Å². The summed E-state index contributed by atoms with van der Waals surface area (Å²) in [6.07, 6.45) is -4.94. The molecule has 0 atom stereocenters. The van der Waals surface area contributed by atoms with Crippen molar-refractivity contribution in [3.8, 4) is 0 Å². The second-order valence-corrected chi connectivity index (χ2v) is 8.93. The number of benzene rings is 1. The number of aliphatic imine (C=N–C) groups is 1. The van der Waals surface area contributed by atoms with Crippen molar-refractivity contribution < 1.29 is 35.5 Å². The summed E-state index contributed by atoms with van der Waals surface area (Å²) in [5.74, 6) is -1.41. The molecule has 8 nitrogen and oxygen atoms in total. The monoisotopic (exact) mass is 476 g/mol. The van der Waals surface area contributed by atoms with Crippen LogP contribution in [0.15, 0.2) is 40.4 Å². The number of carbonyl (C=O) groups is 1. The number of hydrogen-bond acceptors (Lipinski definition) is 5. The highest BCUT2D eigenvalue weighted by Gasteiger charge is 2.57. The summed E-state index contributed by atoms with van der Waals surface area (Å²) < 4.78 is 88.0. The van der Waals surface area contributed by atoms with E-state index in [1.807, 2.05) is 0 Å². The maximum atomic E-state index is 13.7. The second-order valence-electron chi connectivity index (χ2n) is 7.25. The number of hydrogen-bond donors (Lipinski definition) is 2. The van der Waals surface area contributed by atoms with Crippen molar-refractivity contribution >= 4 is 34.0 Å². The number of ether oxygens (including phenoxy) is 1. The predicted octanol–water partition coefficient (Wildman–Crippen LogP) is 3.14. The van der Waals surface area contributed by atoms with Gasteiger partial charge in [-0.2, -0.15) is 17.9 Å². The van der Waals surface area contributed by atoms with Crippen LogP contribution in [0.4, 0.5) is 28.9 Å². The molecule has 13 heteroatoms. The van der Waals surface area contributed by atoms with E-state index in [4.69, 9.17) is 4.74 Å². The van der Waals surface area contributed by atoms with E-state index in [0.717, 1.165) is 22.9 Å². The highest BCUT2D eigenvalue weighted by Crippen LogP contribution is 2.39. The first kappa shape index (κ1) is 23.9. The lowest BCUT2D eigenvalue weighted by Crippen LogP contribution is -2.61. The van der Waals surface area contributed by atoms with Crippen LogP contribution in [0.1, 0.15) is 23.3 Å². The van der Waals surface area contributed by atoms with E-state index in [0.29, 0.717) is 0 Å². The summed E-state index contributed by atoms with van der Waals surface area (Å²) in [6, 6.07) is 4.51. The molecule has 0 bridgehead atoms. The fourth-order valence-electron chi connectivity index (χ4n) is 3.29. The number of rotatable bonds is 6. The number of aryl methyl sites for hydroxylation is 1. The molecule has 1 amide bonds. The van der Waals surface area contributed by atoms with Gasteiger partial charge in [-0.1, -0.05) is 0 Å². The average Bonchev–Trinajstić information content (AvgIpc) is 3.12. The summed E-state index contributed by atoms with van der Waals surface area (Å²) in [6.45, 7) is 2.72. The van der Waals surface area contributed by atoms with E-state index in [-0.39, 0.29) is 30.3 Å². The number of carbonyl (C=O) groups excluding carboxylic acids is 1. The lowest BCUT2D eigenvalue weighted by Gasteiger charge is -2.38. The molecule has 0 radical (unpaired) electrons. The molecule has 2 aromatic rings. The molecule has 0 saturated carbocycles. The third kappa shape index (κ3) is 4.69. The number of aromatic nitrogens is 1.